The first-order valence-corrected chi connectivity index (χ1v) is 5.25. The SMILES string of the molecule is CCC(C)(CO)NCC1CCC(=O)N1. The van der Waals surface area contributed by atoms with Gasteiger partial charge < -0.3 is 15.7 Å². The monoisotopic (exact) mass is 200 g/mol. The van der Waals surface area contributed by atoms with Gasteiger partial charge in [-0.1, -0.05) is 6.92 Å². The van der Waals surface area contributed by atoms with Crippen molar-refractivity contribution < 1.29 is 9.90 Å². The molecule has 3 N–H and O–H groups in total. The number of amides is 1. The molecule has 0 aromatic rings. The molecule has 1 saturated heterocycles. The van der Waals surface area contributed by atoms with Crippen LogP contribution in [0.15, 0.2) is 0 Å². The van der Waals surface area contributed by atoms with Gasteiger partial charge in [0.2, 0.25) is 5.91 Å². The van der Waals surface area contributed by atoms with Gasteiger partial charge in [0, 0.05) is 24.5 Å². The number of carbonyl (C=O) groups excluding carboxylic acids is 1. The summed E-state index contributed by atoms with van der Waals surface area (Å²) in [6.07, 6.45) is 2.41. The van der Waals surface area contributed by atoms with E-state index in [-0.39, 0.29) is 24.1 Å². The van der Waals surface area contributed by atoms with Crippen LogP contribution in [0, 0.1) is 0 Å². The van der Waals surface area contributed by atoms with Crippen LogP contribution < -0.4 is 10.6 Å². The molecule has 0 spiro atoms. The van der Waals surface area contributed by atoms with Gasteiger partial charge in [-0.2, -0.15) is 0 Å². The number of carbonyl (C=O) groups is 1. The van der Waals surface area contributed by atoms with Gasteiger partial charge in [-0.25, -0.2) is 0 Å². The summed E-state index contributed by atoms with van der Waals surface area (Å²) in [6, 6.07) is 0.236. The van der Waals surface area contributed by atoms with Crippen molar-refractivity contribution in [2.75, 3.05) is 13.2 Å². The molecule has 2 unspecified atom stereocenters. The van der Waals surface area contributed by atoms with Crippen molar-refractivity contribution in [3.8, 4) is 0 Å². The molecule has 0 aromatic carbocycles. The second kappa shape index (κ2) is 4.75. The summed E-state index contributed by atoms with van der Waals surface area (Å²) < 4.78 is 0. The molecular weight excluding hydrogens is 180 g/mol. The third-order valence-corrected chi connectivity index (χ3v) is 2.99. The summed E-state index contributed by atoms with van der Waals surface area (Å²) in [7, 11) is 0. The van der Waals surface area contributed by atoms with E-state index in [1.54, 1.807) is 0 Å². The number of rotatable bonds is 5. The highest BCUT2D eigenvalue weighted by atomic mass is 16.3. The zero-order chi connectivity index (χ0) is 10.6. The number of aliphatic hydroxyl groups excluding tert-OH is 1. The van der Waals surface area contributed by atoms with Crippen LogP contribution in [0.25, 0.3) is 0 Å². The molecule has 2 atom stereocenters. The Balaban J connectivity index is 2.29. The highest BCUT2D eigenvalue weighted by Gasteiger charge is 2.25. The van der Waals surface area contributed by atoms with E-state index in [0.29, 0.717) is 6.42 Å². The number of hydrogen-bond acceptors (Lipinski definition) is 3. The fraction of sp³-hybridized carbons (Fsp3) is 0.900. The Bertz CT molecular complexity index is 202. The van der Waals surface area contributed by atoms with Crippen molar-refractivity contribution in [2.24, 2.45) is 0 Å². The van der Waals surface area contributed by atoms with E-state index >= 15 is 0 Å². The Labute approximate surface area is 85.1 Å². The first kappa shape index (κ1) is 11.5. The van der Waals surface area contributed by atoms with Crippen LogP contribution in [0.1, 0.15) is 33.1 Å². The molecule has 1 fully saturated rings. The zero-order valence-electron chi connectivity index (χ0n) is 8.97. The molecule has 82 valence electrons. The molecule has 0 aromatic heterocycles. The molecule has 0 saturated carbocycles. The van der Waals surface area contributed by atoms with Gasteiger partial charge in [-0.05, 0) is 19.8 Å². The van der Waals surface area contributed by atoms with Crippen LogP contribution >= 0.6 is 0 Å². The maximum Gasteiger partial charge on any atom is 0.220 e. The highest BCUT2D eigenvalue weighted by molar-refractivity contribution is 5.78. The molecule has 0 bridgehead atoms. The quantitative estimate of drug-likeness (QED) is 0.586. The minimum Gasteiger partial charge on any atom is -0.394 e. The topological polar surface area (TPSA) is 61.4 Å². The summed E-state index contributed by atoms with van der Waals surface area (Å²) in [5, 5.41) is 15.3. The van der Waals surface area contributed by atoms with Gasteiger partial charge >= 0.3 is 0 Å². The third kappa shape index (κ3) is 2.96. The van der Waals surface area contributed by atoms with Crippen molar-refractivity contribution in [1.82, 2.24) is 10.6 Å². The lowest BCUT2D eigenvalue weighted by Gasteiger charge is -2.28. The molecule has 0 radical (unpaired) electrons. The molecule has 1 aliphatic rings. The molecular formula is C10H20N2O2. The molecule has 1 aliphatic heterocycles. The van der Waals surface area contributed by atoms with Crippen LogP contribution in [0.3, 0.4) is 0 Å². The Morgan fingerprint density at radius 3 is 2.86 bits per heavy atom. The summed E-state index contributed by atoms with van der Waals surface area (Å²) in [5.41, 5.74) is -0.215. The van der Waals surface area contributed by atoms with E-state index in [2.05, 4.69) is 10.6 Å². The zero-order valence-corrected chi connectivity index (χ0v) is 8.97. The second-order valence-corrected chi connectivity index (χ2v) is 4.26. The van der Waals surface area contributed by atoms with Gasteiger partial charge in [0.25, 0.3) is 0 Å². The maximum absolute atomic E-state index is 10.9. The second-order valence-electron chi connectivity index (χ2n) is 4.26. The largest absolute Gasteiger partial charge is 0.394 e. The molecule has 4 nitrogen and oxygen atoms in total. The molecule has 1 rings (SSSR count). The van der Waals surface area contributed by atoms with E-state index in [4.69, 9.17) is 5.11 Å². The fourth-order valence-corrected chi connectivity index (χ4v) is 1.49. The Kier molecular flexibility index (Phi) is 3.89. The Morgan fingerprint density at radius 1 is 1.71 bits per heavy atom. The summed E-state index contributed by atoms with van der Waals surface area (Å²) in [4.78, 5) is 10.9. The van der Waals surface area contributed by atoms with Crippen molar-refractivity contribution in [3.05, 3.63) is 0 Å². The average Bonchev–Trinajstić information content (AvgIpc) is 2.61. The lowest BCUT2D eigenvalue weighted by atomic mass is 10.00. The first-order valence-electron chi connectivity index (χ1n) is 5.25. The lowest BCUT2D eigenvalue weighted by molar-refractivity contribution is -0.119. The number of aliphatic hydroxyl groups is 1. The smallest absolute Gasteiger partial charge is 0.220 e. The standard InChI is InChI=1S/C10H20N2O2/c1-3-10(2,7-13)11-6-8-4-5-9(14)12-8/h8,11,13H,3-7H2,1-2H3,(H,12,14). The van der Waals surface area contributed by atoms with E-state index in [1.807, 2.05) is 13.8 Å². The van der Waals surface area contributed by atoms with Crippen LogP contribution in [0.4, 0.5) is 0 Å². The van der Waals surface area contributed by atoms with Gasteiger partial charge in [-0.3, -0.25) is 4.79 Å². The number of hydrogen-bond donors (Lipinski definition) is 3. The van der Waals surface area contributed by atoms with E-state index in [0.717, 1.165) is 19.4 Å². The van der Waals surface area contributed by atoms with E-state index < -0.39 is 0 Å². The molecule has 14 heavy (non-hydrogen) atoms. The predicted molar refractivity (Wildman–Crippen MR) is 54.9 cm³/mol. The van der Waals surface area contributed by atoms with Gasteiger partial charge in [0.1, 0.15) is 0 Å². The van der Waals surface area contributed by atoms with Gasteiger partial charge in [0.05, 0.1) is 6.61 Å². The Hall–Kier alpha value is -0.610. The van der Waals surface area contributed by atoms with Crippen LogP contribution in [-0.4, -0.2) is 35.7 Å². The molecule has 1 amide bonds. The summed E-state index contributed by atoms with van der Waals surface area (Å²) >= 11 is 0. The lowest BCUT2D eigenvalue weighted by Crippen LogP contribution is -2.50. The molecule has 1 heterocycles. The normalized spacial score (nSPS) is 25.9. The van der Waals surface area contributed by atoms with Gasteiger partial charge in [0.15, 0.2) is 0 Å². The van der Waals surface area contributed by atoms with Crippen LogP contribution in [0.2, 0.25) is 0 Å². The first-order chi connectivity index (χ1) is 6.59. The van der Waals surface area contributed by atoms with Crippen molar-refractivity contribution in [2.45, 2.75) is 44.7 Å². The van der Waals surface area contributed by atoms with Crippen molar-refractivity contribution >= 4 is 5.91 Å². The minimum atomic E-state index is -0.215. The average molecular weight is 200 g/mol. The highest BCUT2D eigenvalue weighted by Crippen LogP contribution is 2.10. The minimum absolute atomic E-state index is 0.129. The third-order valence-electron chi connectivity index (χ3n) is 2.99. The van der Waals surface area contributed by atoms with Crippen LogP contribution in [0.5, 0.6) is 0 Å². The van der Waals surface area contributed by atoms with Crippen molar-refractivity contribution in [3.63, 3.8) is 0 Å². The maximum atomic E-state index is 10.9. The molecule has 0 aliphatic carbocycles. The van der Waals surface area contributed by atoms with Gasteiger partial charge in [-0.15, -0.1) is 0 Å². The van der Waals surface area contributed by atoms with E-state index in [1.165, 1.54) is 0 Å². The number of nitrogens with one attached hydrogen (secondary N) is 2. The van der Waals surface area contributed by atoms with Crippen LogP contribution in [-0.2, 0) is 4.79 Å². The predicted octanol–water partition coefficient (Wildman–Crippen LogP) is 0.0156. The van der Waals surface area contributed by atoms with Crippen molar-refractivity contribution in [1.29, 1.82) is 0 Å². The van der Waals surface area contributed by atoms with E-state index in [9.17, 15) is 4.79 Å². The fourth-order valence-electron chi connectivity index (χ4n) is 1.49. The Morgan fingerprint density at radius 2 is 2.43 bits per heavy atom. The molecule has 4 heteroatoms. The summed E-state index contributed by atoms with van der Waals surface area (Å²) in [5.74, 6) is 0.138. The summed E-state index contributed by atoms with van der Waals surface area (Å²) in [6.45, 7) is 4.90.